The van der Waals surface area contributed by atoms with Crippen molar-refractivity contribution >= 4 is 6.29 Å². The molecule has 70 valence electrons. The van der Waals surface area contributed by atoms with Crippen LogP contribution in [0.1, 0.15) is 42.1 Å². The zero-order valence-electron chi connectivity index (χ0n) is 7.95. The number of hydrogen-bond acceptors (Lipinski definition) is 2. The molecule has 0 saturated carbocycles. The van der Waals surface area contributed by atoms with Gasteiger partial charge in [-0.3, -0.25) is 4.79 Å². The average molecular weight is 178 g/mol. The maximum atomic E-state index is 10.5. The molecule has 1 atom stereocenters. The Morgan fingerprint density at radius 1 is 1.54 bits per heavy atom. The first-order valence-electron chi connectivity index (χ1n) is 4.47. The quantitative estimate of drug-likeness (QED) is 0.722. The van der Waals surface area contributed by atoms with E-state index in [1.54, 1.807) is 12.1 Å². The van der Waals surface area contributed by atoms with Gasteiger partial charge in [0.25, 0.3) is 0 Å². The van der Waals surface area contributed by atoms with Gasteiger partial charge in [-0.15, -0.1) is 0 Å². The van der Waals surface area contributed by atoms with Crippen molar-refractivity contribution in [3.8, 4) is 5.75 Å². The summed E-state index contributed by atoms with van der Waals surface area (Å²) in [6, 6.07) is 5.27. The number of rotatable bonds is 3. The second-order valence-corrected chi connectivity index (χ2v) is 3.21. The van der Waals surface area contributed by atoms with Gasteiger partial charge in [-0.1, -0.05) is 26.0 Å². The fraction of sp³-hybridized carbons (Fsp3) is 0.364. The van der Waals surface area contributed by atoms with E-state index in [2.05, 4.69) is 6.92 Å². The number of benzene rings is 1. The largest absolute Gasteiger partial charge is 0.507 e. The minimum absolute atomic E-state index is 0.131. The molecule has 1 aromatic carbocycles. The van der Waals surface area contributed by atoms with Crippen molar-refractivity contribution in [1.82, 2.24) is 0 Å². The van der Waals surface area contributed by atoms with E-state index in [1.165, 1.54) is 0 Å². The third-order valence-electron chi connectivity index (χ3n) is 2.37. The summed E-state index contributed by atoms with van der Waals surface area (Å²) in [5.74, 6) is 0.423. The molecule has 0 aliphatic carbocycles. The van der Waals surface area contributed by atoms with Crippen LogP contribution in [0.3, 0.4) is 0 Å². The Hall–Kier alpha value is -1.31. The molecule has 1 N–H and O–H groups in total. The molecule has 0 spiro atoms. The van der Waals surface area contributed by atoms with Gasteiger partial charge in [0.2, 0.25) is 0 Å². The SMILES string of the molecule is CC[C@H](C)c1cccc(C=O)c1O. The Balaban J connectivity index is 3.15. The Labute approximate surface area is 78.2 Å². The van der Waals surface area contributed by atoms with Crippen LogP contribution in [-0.2, 0) is 0 Å². The second-order valence-electron chi connectivity index (χ2n) is 3.21. The topological polar surface area (TPSA) is 37.3 Å². The van der Waals surface area contributed by atoms with Gasteiger partial charge < -0.3 is 5.11 Å². The van der Waals surface area contributed by atoms with E-state index in [-0.39, 0.29) is 5.75 Å². The Kier molecular flexibility index (Phi) is 3.07. The molecule has 0 aliphatic rings. The highest BCUT2D eigenvalue weighted by Crippen LogP contribution is 2.29. The van der Waals surface area contributed by atoms with Gasteiger partial charge in [-0.2, -0.15) is 0 Å². The monoisotopic (exact) mass is 178 g/mol. The molecule has 0 aromatic heterocycles. The first-order valence-corrected chi connectivity index (χ1v) is 4.47. The molecule has 1 rings (SSSR count). The summed E-state index contributed by atoms with van der Waals surface area (Å²) in [5.41, 5.74) is 1.23. The molecule has 0 fully saturated rings. The lowest BCUT2D eigenvalue weighted by Gasteiger charge is -2.11. The van der Waals surface area contributed by atoms with Crippen molar-refractivity contribution in [3.05, 3.63) is 29.3 Å². The third kappa shape index (κ3) is 1.89. The van der Waals surface area contributed by atoms with Crippen molar-refractivity contribution in [3.63, 3.8) is 0 Å². The fourth-order valence-electron chi connectivity index (χ4n) is 1.29. The number of phenolic OH excluding ortho intramolecular Hbond substituents is 1. The highest BCUT2D eigenvalue weighted by atomic mass is 16.3. The summed E-state index contributed by atoms with van der Waals surface area (Å²) in [6.45, 7) is 4.08. The molecule has 2 nitrogen and oxygen atoms in total. The fourth-order valence-corrected chi connectivity index (χ4v) is 1.29. The van der Waals surface area contributed by atoms with Crippen LogP contribution in [0.4, 0.5) is 0 Å². The average Bonchev–Trinajstić information content (AvgIpc) is 2.17. The number of carbonyl (C=O) groups excluding carboxylic acids is 1. The Morgan fingerprint density at radius 3 is 2.77 bits per heavy atom. The predicted octanol–water partition coefficient (Wildman–Crippen LogP) is 2.72. The molecule has 2 heteroatoms. The zero-order chi connectivity index (χ0) is 9.84. The number of para-hydroxylation sites is 1. The maximum absolute atomic E-state index is 10.5. The summed E-state index contributed by atoms with van der Waals surface area (Å²) in [7, 11) is 0. The minimum Gasteiger partial charge on any atom is -0.507 e. The van der Waals surface area contributed by atoms with Crippen LogP contribution in [-0.4, -0.2) is 11.4 Å². The first kappa shape index (κ1) is 9.78. The van der Waals surface area contributed by atoms with Crippen molar-refractivity contribution in [1.29, 1.82) is 0 Å². The van der Waals surface area contributed by atoms with Gasteiger partial charge in [0.15, 0.2) is 6.29 Å². The molecule has 1 aromatic rings. The van der Waals surface area contributed by atoms with E-state index in [1.807, 2.05) is 13.0 Å². The Morgan fingerprint density at radius 2 is 2.23 bits per heavy atom. The van der Waals surface area contributed by atoms with E-state index >= 15 is 0 Å². The molecule has 13 heavy (non-hydrogen) atoms. The molecule has 0 aliphatic heterocycles. The number of aldehydes is 1. The molecule has 0 heterocycles. The molecule has 0 unspecified atom stereocenters. The van der Waals surface area contributed by atoms with Crippen LogP contribution < -0.4 is 0 Å². The molecule has 0 saturated heterocycles. The number of hydrogen-bond donors (Lipinski definition) is 1. The first-order chi connectivity index (χ1) is 6.20. The second kappa shape index (κ2) is 4.08. The van der Waals surface area contributed by atoms with E-state index in [0.717, 1.165) is 12.0 Å². The smallest absolute Gasteiger partial charge is 0.153 e. The van der Waals surface area contributed by atoms with E-state index in [9.17, 15) is 9.90 Å². The summed E-state index contributed by atoms with van der Waals surface area (Å²) < 4.78 is 0. The van der Waals surface area contributed by atoms with Crippen molar-refractivity contribution < 1.29 is 9.90 Å². The van der Waals surface area contributed by atoms with Gasteiger partial charge >= 0.3 is 0 Å². The molecular weight excluding hydrogens is 164 g/mol. The molecule has 0 amide bonds. The van der Waals surface area contributed by atoms with Crippen molar-refractivity contribution in [2.75, 3.05) is 0 Å². The van der Waals surface area contributed by atoms with Gasteiger partial charge in [-0.05, 0) is 24.0 Å². The van der Waals surface area contributed by atoms with Crippen LogP contribution in [0.5, 0.6) is 5.75 Å². The lowest BCUT2D eigenvalue weighted by Crippen LogP contribution is -1.94. The van der Waals surface area contributed by atoms with Crippen molar-refractivity contribution in [2.24, 2.45) is 0 Å². The molecule has 0 bridgehead atoms. The number of aromatic hydroxyl groups is 1. The molecule has 0 radical (unpaired) electrons. The Bertz CT molecular complexity index is 305. The highest BCUT2D eigenvalue weighted by molar-refractivity contribution is 5.80. The van der Waals surface area contributed by atoms with E-state index < -0.39 is 0 Å². The van der Waals surface area contributed by atoms with Crippen LogP contribution in [0.15, 0.2) is 18.2 Å². The van der Waals surface area contributed by atoms with Crippen LogP contribution in [0.25, 0.3) is 0 Å². The lowest BCUT2D eigenvalue weighted by atomic mass is 9.96. The van der Waals surface area contributed by atoms with Crippen molar-refractivity contribution in [2.45, 2.75) is 26.2 Å². The third-order valence-corrected chi connectivity index (χ3v) is 2.37. The van der Waals surface area contributed by atoms with Gasteiger partial charge in [-0.25, -0.2) is 0 Å². The van der Waals surface area contributed by atoms with E-state index in [4.69, 9.17) is 0 Å². The van der Waals surface area contributed by atoms with Crippen LogP contribution >= 0.6 is 0 Å². The highest BCUT2D eigenvalue weighted by Gasteiger charge is 2.10. The zero-order valence-corrected chi connectivity index (χ0v) is 7.95. The number of carbonyl (C=O) groups is 1. The van der Waals surface area contributed by atoms with Gasteiger partial charge in [0.05, 0.1) is 5.56 Å². The van der Waals surface area contributed by atoms with Crippen LogP contribution in [0, 0.1) is 0 Å². The minimum atomic E-state index is 0.131. The standard InChI is InChI=1S/C11H14O2/c1-3-8(2)10-6-4-5-9(7-12)11(10)13/h4-8,13H,3H2,1-2H3/t8-/m0/s1. The van der Waals surface area contributed by atoms with Crippen LogP contribution in [0.2, 0.25) is 0 Å². The van der Waals surface area contributed by atoms with E-state index in [0.29, 0.717) is 17.8 Å². The predicted molar refractivity (Wildman–Crippen MR) is 52.2 cm³/mol. The summed E-state index contributed by atoms with van der Waals surface area (Å²) in [6.07, 6.45) is 1.64. The number of phenols is 1. The normalized spacial score (nSPS) is 12.5. The summed E-state index contributed by atoms with van der Waals surface area (Å²) in [4.78, 5) is 10.5. The van der Waals surface area contributed by atoms with Gasteiger partial charge in [0, 0.05) is 0 Å². The maximum Gasteiger partial charge on any atom is 0.153 e. The summed E-state index contributed by atoms with van der Waals surface area (Å²) in [5, 5.41) is 9.66. The lowest BCUT2D eigenvalue weighted by molar-refractivity contribution is 0.112. The molecular formula is C11H14O2. The van der Waals surface area contributed by atoms with Gasteiger partial charge in [0.1, 0.15) is 5.75 Å². The summed E-state index contributed by atoms with van der Waals surface area (Å²) >= 11 is 0.